The van der Waals surface area contributed by atoms with Crippen LogP contribution in [0.1, 0.15) is 5.56 Å². The summed E-state index contributed by atoms with van der Waals surface area (Å²) in [5.41, 5.74) is 1.28. The molecule has 3 rings (SSSR count). The molecule has 0 bridgehead atoms. The second kappa shape index (κ2) is 6.49. The van der Waals surface area contributed by atoms with Crippen molar-refractivity contribution in [3.63, 3.8) is 0 Å². The van der Waals surface area contributed by atoms with Crippen LogP contribution in [0.15, 0.2) is 36.8 Å². The normalized spacial score (nSPS) is 21.2. The van der Waals surface area contributed by atoms with Crippen LogP contribution in [-0.4, -0.2) is 41.3 Å². The second-order valence-corrected chi connectivity index (χ2v) is 5.12. The summed E-state index contributed by atoms with van der Waals surface area (Å²) in [7, 11) is 1.84. The predicted molar refractivity (Wildman–Crippen MR) is 81.2 cm³/mol. The van der Waals surface area contributed by atoms with Gasteiger partial charge in [0, 0.05) is 31.6 Å². The van der Waals surface area contributed by atoms with Crippen molar-refractivity contribution in [2.75, 3.05) is 30.9 Å². The molecule has 0 saturated carbocycles. The van der Waals surface area contributed by atoms with Crippen LogP contribution in [0.2, 0.25) is 0 Å². The van der Waals surface area contributed by atoms with Crippen LogP contribution in [0.3, 0.4) is 0 Å². The van der Waals surface area contributed by atoms with Gasteiger partial charge in [-0.05, 0) is 30.2 Å². The van der Waals surface area contributed by atoms with Gasteiger partial charge in [-0.3, -0.25) is 4.98 Å². The Morgan fingerprint density at radius 1 is 1.19 bits per heavy atom. The minimum Gasteiger partial charge on any atom is -0.379 e. The van der Waals surface area contributed by atoms with Gasteiger partial charge in [-0.25, -0.2) is 4.98 Å². The van der Waals surface area contributed by atoms with Crippen molar-refractivity contribution >= 4 is 11.8 Å². The van der Waals surface area contributed by atoms with Crippen LogP contribution in [0.25, 0.3) is 0 Å². The molecule has 2 atom stereocenters. The first-order valence-corrected chi connectivity index (χ1v) is 7.09. The number of ether oxygens (including phenoxy) is 1. The molecule has 3 heterocycles. The highest BCUT2D eigenvalue weighted by Crippen LogP contribution is 2.21. The van der Waals surface area contributed by atoms with Crippen molar-refractivity contribution in [2.45, 2.75) is 12.5 Å². The maximum Gasteiger partial charge on any atom is 0.224 e. The smallest absolute Gasteiger partial charge is 0.224 e. The Morgan fingerprint density at radius 2 is 2.05 bits per heavy atom. The van der Waals surface area contributed by atoms with Gasteiger partial charge in [0.2, 0.25) is 5.95 Å². The average Bonchev–Trinajstić information content (AvgIpc) is 2.95. The van der Waals surface area contributed by atoms with Gasteiger partial charge in [-0.1, -0.05) is 0 Å². The second-order valence-electron chi connectivity index (χ2n) is 5.12. The van der Waals surface area contributed by atoms with Crippen LogP contribution < -0.4 is 10.6 Å². The zero-order chi connectivity index (χ0) is 14.5. The van der Waals surface area contributed by atoms with Crippen LogP contribution in [0, 0.1) is 5.92 Å². The molecule has 1 aliphatic heterocycles. The predicted octanol–water partition coefficient (Wildman–Crippen LogP) is 1.58. The summed E-state index contributed by atoms with van der Waals surface area (Å²) < 4.78 is 5.62. The van der Waals surface area contributed by atoms with E-state index in [4.69, 9.17) is 4.74 Å². The molecule has 110 valence electrons. The Hall–Kier alpha value is -2.21. The zero-order valence-electron chi connectivity index (χ0n) is 12.0. The van der Waals surface area contributed by atoms with Gasteiger partial charge in [0.05, 0.1) is 19.3 Å². The quantitative estimate of drug-likeness (QED) is 0.869. The van der Waals surface area contributed by atoms with E-state index in [0.717, 1.165) is 18.8 Å². The first-order valence-electron chi connectivity index (χ1n) is 7.09. The van der Waals surface area contributed by atoms with Crippen molar-refractivity contribution in [1.82, 2.24) is 15.0 Å². The minimum atomic E-state index is 0.227. The summed E-state index contributed by atoms with van der Waals surface area (Å²) in [6, 6.07) is 6.16. The molecule has 6 heteroatoms. The van der Waals surface area contributed by atoms with E-state index in [2.05, 4.69) is 25.6 Å². The Morgan fingerprint density at radius 3 is 2.86 bits per heavy atom. The van der Waals surface area contributed by atoms with Crippen molar-refractivity contribution in [2.24, 2.45) is 5.92 Å². The molecule has 0 spiro atoms. The van der Waals surface area contributed by atoms with Gasteiger partial charge in [-0.15, -0.1) is 0 Å². The summed E-state index contributed by atoms with van der Waals surface area (Å²) in [6.07, 6.45) is 6.36. The van der Waals surface area contributed by atoms with E-state index in [1.165, 1.54) is 5.56 Å². The molecule has 2 N–H and O–H groups in total. The van der Waals surface area contributed by atoms with E-state index in [1.807, 2.05) is 37.6 Å². The fourth-order valence-corrected chi connectivity index (χ4v) is 2.51. The summed E-state index contributed by atoms with van der Waals surface area (Å²) in [5.74, 6) is 1.85. The molecular weight excluding hydrogens is 266 g/mol. The standard InChI is InChI=1S/C15H19N5O/c1-16-14-4-7-18-15(20-14)19-13-10-21-9-12(13)8-11-2-5-17-6-3-11/h2-7,12-13H,8-10H2,1H3,(H2,16,18,19,20)/t12-,13-/m1/s1. The number of anilines is 2. The van der Waals surface area contributed by atoms with Crippen LogP contribution in [0.4, 0.5) is 11.8 Å². The third-order valence-electron chi connectivity index (χ3n) is 3.67. The van der Waals surface area contributed by atoms with Crippen molar-refractivity contribution in [3.8, 4) is 0 Å². The van der Waals surface area contributed by atoms with Gasteiger partial charge < -0.3 is 15.4 Å². The molecule has 2 aromatic heterocycles. The summed E-state index contributed by atoms with van der Waals surface area (Å²) in [6.45, 7) is 1.44. The van der Waals surface area contributed by atoms with E-state index < -0.39 is 0 Å². The Labute approximate surface area is 124 Å². The maximum atomic E-state index is 5.62. The lowest BCUT2D eigenvalue weighted by molar-refractivity contribution is 0.185. The molecule has 0 amide bonds. The lowest BCUT2D eigenvalue weighted by Gasteiger charge is -2.19. The van der Waals surface area contributed by atoms with Crippen molar-refractivity contribution < 1.29 is 4.74 Å². The van der Waals surface area contributed by atoms with Crippen molar-refractivity contribution in [3.05, 3.63) is 42.4 Å². The molecule has 0 aromatic carbocycles. The van der Waals surface area contributed by atoms with E-state index in [9.17, 15) is 0 Å². The minimum absolute atomic E-state index is 0.227. The molecule has 1 saturated heterocycles. The topological polar surface area (TPSA) is 72.0 Å². The number of aromatic nitrogens is 3. The highest BCUT2D eigenvalue weighted by Gasteiger charge is 2.28. The SMILES string of the molecule is CNc1ccnc(N[C@@H]2COC[C@H]2Cc2ccncc2)n1. The molecule has 1 fully saturated rings. The van der Waals surface area contributed by atoms with Gasteiger partial charge >= 0.3 is 0 Å². The highest BCUT2D eigenvalue weighted by atomic mass is 16.5. The molecule has 1 aliphatic rings. The Balaban J connectivity index is 1.66. The first kappa shape index (κ1) is 13.8. The third kappa shape index (κ3) is 3.46. The maximum absolute atomic E-state index is 5.62. The van der Waals surface area contributed by atoms with E-state index in [0.29, 0.717) is 18.5 Å². The van der Waals surface area contributed by atoms with Gasteiger partial charge in [0.1, 0.15) is 5.82 Å². The Kier molecular flexibility index (Phi) is 4.25. The summed E-state index contributed by atoms with van der Waals surface area (Å²) in [4.78, 5) is 12.7. The molecule has 6 nitrogen and oxygen atoms in total. The molecule has 2 aromatic rings. The fourth-order valence-electron chi connectivity index (χ4n) is 2.51. The van der Waals surface area contributed by atoms with Crippen LogP contribution >= 0.6 is 0 Å². The van der Waals surface area contributed by atoms with Crippen molar-refractivity contribution in [1.29, 1.82) is 0 Å². The first-order chi connectivity index (χ1) is 10.3. The number of hydrogen-bond donors (Lipinski definition) is 2. The zero-order valence-corrected chi connectivity index (χ0v) is 12.0. The number of rotatable bonds is 5. The number of hydrogen-bond acceptors (Lipinski definition) is 6. The number of pyridine rings is 1. The summed E-state index contributed by atoms with van der Waals surface area (Å²) >= 11 is 0. The average molecular weight is 285 g/mol. The van der Waals surface area contributed by atoms with Gasteiger partial charge in [0.25, 0.3) is 0 Å². The highest BCUT2D eigenvalue weighted by molar-refractivity contribution is 5.39. The van der Waals surface area contributed by atoms with Crippen LogP contribution in [-0.2, 0) is 11.2 Å². The molecule has 0 radical (unpaired) electrons. The largest absolute Gasteiger partial charge is 0.379 e. The van der Waals surface area contributed by atoms with Gasteiger partial charge in [-0.2, -0.15) is 4.98 Å². The molecule has 21 heavy (non-hydrogen) atoms. The van der Waals surface area contributed by atoms with E-state index >= 15 is 0 Å². The number of nitrogens with zero attached hydrogens (tertiary/aromatic N) is 3. The number of nitrogens with one attached hydrogen (secondary N) is 2. The fraction of sp³-hybridized carbons (Fsp3) is 0.400. The Bertz CT molecular complexity index is 577. The molecule has 0 aliphatic carbocycles. The molecule has 0 unspecified atom stereocenters. The monoisotopic (exact) mass is 285 g/mol. The van der Waals surface area contributed by atoms with E-state index in [-0.39, 0.29) is 6.04 Å². The molecular formula is C15H19N5O. The summed E-state index contributed by atoms with van der Waals surface area (Å²) in [5, 5.41) is 6.40. The van der Waals surface area contributed by atoms with Crippen LogP contribution in [0.5, 0.6) is 0 Å². The van der Waals surface area contributed by atoms with Gasteiger partial charge in [0.15, 0.2) is 0 Å². The third-order valence-corrected chi connectivity index (χ3v) is 3.67. The lowest BCUT2D eigenvalue weighted by atomic mass is 9.95. The lowest BCUT2D eigenvalue weighted by Crippen LogP contribution is -2.30. The van der Waals surface area contributed by atoms with E-state index in [1.54, 1.807) is 6.20 Å².